The zero-order valence-electron chi connectivity index (χ0n) is 14.1. The molecule has 3 aromatic rings. The van der Waals surface area contributed by atoms with Gasteiger partial charge in [-0.25, -0.2) is 4.79 Å². The first-order valence-corrected chi connectivity index (χ1v) is 8.29. The van der Waals surface area contributed by atoms with Crippen LogP contribution in [0.3, 0.4) is 0 Å². The molecule has 0 unspecified atom stereocenters. The number of hydrogen-bond donors (Lipinski definition) is 1. The molecule has 6 heteroatoms. The summed E-state index contributed by atoms with van der Waals surface area (Å²) in [6.45, 7) is 0.513. The lowest BCUT2D eigenvalue weighted by molar-refractivity contribution is 0.0697. The van der Waals surface area contributed by atoms with Gasteiger partial charge in [0.1, 0.15) is 5.75 Å². The lowest BCUT2D eigenvalue weighted by atomic mass is 10.1. The van der Waals surface area contributed by atoms with Gasteiger partial charge < -0.3 is 14.7 Å². The summed E-state index contributed by atoms with van der Waals surface area (Å²) in [6.07, 6.45) is 3.49. The number of hydrogen-bond acceptors (Lipinski definition) is 4. The molecule has 0 radical (unpaired) electrons. The summed E-state index contributed by atoms with van der Waals surface area (Å²) in [5.74, 6) is -0.392. The Balaban J connectivity index is 2.06. The zero-order chi connectivity index (χ0) is 18.5. The molecule has 0 aliphatic carbocycles. The summed E-state index contributed by atoms with van der Waals surface area (Å²) < 4.78 is 5.22. The van der Waals surface area contributed by atoms with Crippen LogP contribution in [0.15, 0.2) is 67.0 Å². The van der Waals surface area contributed by atoms with Gasteiger partial charge in [-0.1, -0.05) is 23.7 Å². The van der Waals surface area contributed by atoms with Crippen LogP contribution in [0.25, 0.3) is 0 Å². The molecular formula is C20H17ClN2O3. The summed E-state index contributed by atoms with van der Waals surface area (Å²) in [6, 6.07) is 16.1. The van der Waals surface area contributed by atoms with Crippen LogP contribution in [0.1, 0.15) is 15.9 Å². The van der Waals surface area contributed by atoms with Crippen LogP contribution in [0.2, 0.25) is 5.02 Å². The highest BCUT2D eigenvalue weighted by Gasteiger charge is 2.14. The van der Waals surface area contributed by atoms with Gasteiger partial charge in [-0.15, -0.1) is 0 Å². The van der Waals surface area contributed by atoms with E-state index >= 15 is 0 Å². The average molecular weight is 369 g/mol. The number of carboxylic acid groups (broad SMARTS) is 1. The number of pyridine rings is 1. The normalized spacial score (nSPS) is 10.4. The van der Waals surface area contributed by atoms with Gasteiger partial charge in [0, 0.05) is 30.3 Å². The van der Waals surface area contributed by atoms with Crippen molar-refractivity contribution in [3.05, 3.63) is 83.1 Å². The van der Waals surface area contributed by atoms with E-state index in [0.717, 1.165) is 16.9 Å². The molecule has 0 saturated carbocycles. The number of ether oxygens (including phenoxy) is 1. The summed E-state index contributed by atoms with van der Waals surface area (Å²) in [7, 11) is 1.56. The van der Waals surface area contributed by atoms with Crippen molar-refractivity contribution in [2.45, 2.75) is 6.54 Å². The van der Waals surface area contributed by atoms with Crippen LogP contribution in [0.5, 0.6) is 5.75 Å². The van der Waals surface area contributed by atoms with Crippen LogP contribution in [0.4, 0.5) is 11.4 Å². The molecular weight excluding hydrogens is 352 g/mol. The molecule has 0 amide bonds. The number of benzene rings is 2. The molecule has 0 saturated heterocycles. The lowest BCUT2D eigenvalue weighted by Crippen LogP contribution is -2.17. The van der Waals surface area contributed by atoms with E-state index in [-0.39, 0.29) is 5.56 Å². The Labute approximate surface area is 156 Å². The molecule has 5 nitrogen and oxygen atoms in total. The summed E-state index contributed by atoms with van der Waals surface area (Å²) >= 11 is 6.29. The average Bonchev–Trinajstić information content (AvgIpc) is 2.67. The van der Waals surface area contributed by atoms with Crippen LogP contribution in [-0.4, -0.2) is 23.2 Å². The highest BCUT2D eigenvalue weighted by Crippen LogP contribution is 2.34. The van der Waals surface area contributed by atoms with Crippen LogP contribution < -0.4 is 9.64 Å². The maximum Gasteiger partial charge on any atom is 0.335 e. The third kappa shape index (κ3) is 3.95. The summed E-state index contributed by atoms with van der Waals surface area (Å²) in [5, 5.41) is 9.78. The molecule has 0 aliphatic heterocycles. The van der Waals surface area contributed by atoms with Gasteiger partial charge in [-0.05, 0) is 48.0 Å². The van der Waals surface area contributed by atoms with Gasteiger partial charge >= 0.3 is 5.97 Å². The molecule has 1 N–H and O–H groups in total. The van der Waals surface area contributed by atoms with Crippen molar-refractivity contribution in [2.24, 2.45) is 0 Å². The van der Waals surface area contributed by atoms with Gasteiger partial charge in [-0.3, -0.25) is 4.98 Å². The van der Waals surface area contributed by atoms with Gasteiger partial charge in [-0.2, -0.15) is 0 Å². The maximum absolute atomic E-state index is 11.3. The number of rotatable bonds is 6. The first kappa shape index (κ1) is 17.8. The highest BCUT2D eigenvalue weighted by atomic mass is 35.5. The monoisotopic (exact) mass is 368 g/mol. The molecule has 26 heavy (non-hydrogen) atoms. The second-order valence-electron chi connectivity index (χ2n) is 5.62. The van der Waals surface area contributed by atoms with Crippen LogP contribution in [0, 0.1) is 0 Å². The van der Waals surface area contributed by atoms with Crippen molar-refractivity contribution in [2.75, 3.05) is 12.0 Å². The quantitative estimate of drug-likeness (QED) is 0.678. The molecule has 2 aromatic carbocycles. The number of anilines is 2. The minimum absolute atomic E-state index is 0.221. The number of methoxy groups -OCH3 is 1. The van der Waals surface area contributed by atoms with Gasteiger partial charge in [0.25, 0.3) is 0 Å². The molecule has 0 aliphatic rings. The first-order chi connectivity index (χ1) is 12.6. The van der Waals surface area contributed by atoms with Crippen molar-refractivity contribution in [3.63, 3.8) is 0 Å². The largest absolute Gasteiger partial charge is 0.495 e. The first-order valence-electron chi connectivity index (χ1n) is 7.92. The van der Waals surface area contributed by atoms with Gasteiger partial charge in [0.2, 0.25) is 0 Å². The second-order valence-corrected chi connectivity index (χ2v) is 6.03. The topological polar surface area (TPSA) is 62.7 Å². The summed E-state index contributed by atoms with van der Waals surface area (Å²) in [4.78, 5) is 17.5. The molecule has 0 fully saturated rings. The van der Waals surface area contributed by atoms with Gasteiger partial charge in [0.05, 0.1) is 17.7 Å². The number of halogens is 1. The predicted molar refractivity (Wildman–Crippen MR) is 101 cm³/mol. The second kappa shape index (κ2) is 7.89. The third-order valence-electron chi connectivity index (χ3n) is 3.92. The minimum Gasteiger partial charge on any atom is -0.495 e. The van der Waals surface area contributed by atoms with E-state index in [9.17, 15) is 9.90 Å². The van der Waals surface area contributed by atoms with Crippen LogP contribution in [-0.2, 0) is 6.54 Å². The third-order valence-corrected chi connectivity index (χ3v) is 4.21. The smallest absolute Gasteiger partial charge is 0.335 e. The Morgan fingerprint density at radius 1 is 1.15 bits per heavy atom. The lowest BCUT2D eigenvalue weighted by Gasteiger charge is -2.26. The fourth-order valence-corrected chi connectivity index (χ4v) is 2.89. The molecule has 0 atom stereocenters. The molecule has 1 heterocycles. The Kier molecular flexibility index (Phi) is 5.39. The molecule has 1 aromatic heterocycles. The molecule has 3 rings (SSSR count). The number of aromatic nitrogens is 1. The van der Waals surface area contributed by atoms with Crippen LogP contribution >= 0.6 is 11.6 Å². The zero-order valence-corrected chi connectivity index (χ0v) is 14.8. The fourth-order valence-electron chi connectivity index (χ4n) is 2.64. The molecule has 0 spiro atoms. The number of carboxylic acids is 1. The number of nitrogens with zero attached hydrogens (tertiary/aromatic N) is 2. The molecule has 132 valence electrons. The Morgan fingerprint density at radius 3 is 2.62 bits per heavy atom. The maximum atomic E-state index is 11.3. The number of aromatic carboxylic acids is 1. The Bertz CT molecular complexity index is 916. The Morgan fingerprint density at radius 2 is 1.96 bits per heavy atom. The van der Waals surface area contributed by atoms with Crippen molar-refractivity contribution >= 4 is 28.9 Å². The van der Waals surface area contributed by atoms with E-state index < -0.39 is 5.97 Å². The van der Waals surface area contributed by atoms with E-state index in [2.05, 4.69) is 4.98 Å². The van der Waals surface area contributed by atoms with E-state index in [1.165, 1.54) is 0 Å². The van der Waals surface area contributed by atoms with E-state index in [1.807, 2.05) is 29.2 Å². The minimum atomic E-state index is -0.971. The van der Waals surface area contributed by atoms with E-state index in [0.29, 0.717) is 17.3 Å². The van der Waals surface area contributed by atoms with Crippen molar-refractivity contribution in [1.29, 1.82) is 0 Å². The Hall–Kier alpha value is -3.05. The molecule has 0 bridgehead atoms. The van der Waals surface area contributed by atoms with Gasteiger partial charge in [0.15, 0.2) is 0 Å². The highest BCUT2D eigenvalue weighted by molar-refractivity contribution is 6.32. The summed E-state index contributed by atoms with van der Waals surface area (Å²) in [5.41, 5.74) is 2.77. The fraction of sp³-hybridized carbons (Fsp3) is 0.100. The van der Waals surface area contributed by atoms with E-state index in [1.54, 1.807) is 49.8 Å². The number of carbonyl (C=O) groups is 1. The van der Waals surface area contributed by atoms with E-state index in [4.69, 9.17) is 16.3 Å². The van der Waals surface area contributed by atoms with Crippen molar-refractivity contribution < 1.29 is 14.6 Å². The standard InChI is InChI=1S/C20H17ClN2O3/c1-26-19-8-7-17(11-18(19)21)23(13-14-4-3-9-22-12-14)16-6-2-5-15(10-16)20(24)25/h2-12H,13H2,1H3,(H,24,25). The SMILES string of the molecule is COc1ccc(N(Cc2cccnc2)c2cccc(C(=O)O)c2)cc1Cl. The van der Waals surface area contributed by atoms with Crippen molar-refractivity contribution in [1.82, 2.24) is 4.98 Å². The van der Waals surface area contributed by atoms with Crippen molar-refractivity contribution in [3.8, 4) is 5.75 Å². The predicted octanol–water partition coefficient (Wildman–Crippen LogP) is 4.78.